The van der Waals surface area contributed by atoms with Crippen molar-refractivity contribution in [3.8, 4) is 5.75 Å². The molecule has 27 heavy (non-hydrogen) atoms. The van der Waals surface area contributed by atoms with Crippen LogP contribution < -0.4 is 10.5 Å². The van der Waals surface area contributed by atoms with Gasteiger partial charge in [0.1, 0.15) is 24.7 Å². The van der Waals surface area contributed by atoms with E-state index in [2.05, 4.69) is 9.55 Å². The van der Waals surface area contributed by atoms with E-state index in [0.717, 1.165) is 23.4 Å². The smallest absolute Gasteiger partial charge is 0.328 e. The lowest BCUT2D eigenvalue weighted by Crippen LogP contribution is -2.37. The third-order valence-corrected chi connectivity index (χ3v) is 5.67. The van der Waals surface area contributed by atoms with Crippen LogP contribution in [0.1, 0.15) is 19.2 Å². The molecule has 0 bridgehead atoms. The van der Waals surface area contributed by atoms with Gasteiger partial charge in [0.15, 0.2) is 0 Å². The number of quaternary nitrogens is 1. The number of aromatic nitrogens is 2. The van der Waals surface area contributed by atoms with E-state index >= 15 is 0 Å². The molecule has 0 saturated heterocycles. The molecule has 1 aromatic heterocycles. The van der Waals surface area contributed by atoms with E-state index in [1.807, 2.05) is 46.3 Å². The summed E-state index contributed by atoms with van der Waals surface area (Å²) in [6.07, 6.45) is 0.522. The summed E-state index contributed by atoms with van der Waals surface area (Å²) in [5, 5.41) is 0. The second kappa shape index (κ2) is 9.17. The summed E-state index contributed by atoms with van der Waals surface area (Å²) < 4.78 is 25.7. The topological polar surface area (TPSA) is 99.6 Å². The maximum Gasteiger partial charge on any atom is 0.328 e. The summed E-state index contributed by atoms with van der Waals surface area (Å²) >= 11 is 0. The maximum atomic E-state index is 12.1. The van der Waals surface area contributed by atoms with E-state index in [4.69, 9.17) is 15.0 Å². The number of nitrogens with zero attached hydrogens (tertiary/aromatic N) is 3. The number of benzene rings is 1. The Hall–Kier alpha value is -1.44. The van der Waals surface area contributed by atoms with Gasteiger partial charge in [-0.25, -0.2) is 4.98 Å². The second-order valence-electron chi connectivity index (χ2n) is 7.54. The molecule has 1 atom stereocenters. The second-order valence-corrected chi connectivity index (χ2v) is 9.52. The highest BCUT2D eigenvalue weighted by molar-refractivity contribution is 7.52. The van der Waals surface area contributed by atoms with Gasteiger partial charge >= 0.3 is 7.60 Å². The Morgan fingerprint density at radius 2 is 2.04 bits per heavy atom. The van der Waals surface area contributed by atoms with Crippen molar-refractivity contribution in [1.29, 1.82) is 0 Å². The number of imidazole rings is 1. The summed E-state index contributed by atoms with van der Waals surface area (Å²) in [5.74, 6) is 1.55. The van der Waals surface area contributed by atoms with Crippen LogP contribution >= 0.6 is 7.60 Å². The van der Waals surface area contributed by atoms with Gasteiger partial charge in [0.05, 0.1) is 51.5 Å². The molecule has 0 aliphatic heterocycles. The van der Waals surface area contributed by atoms with Crippen molar-refractivity contribution in [1.82, 2.24) is 9.55 Å². The third kappa shape index (κ3) is 6.59. The van der Waals surface area contributed by atoms with Crippen LogP contribution in [0.15, 0.2) is 18.2 Å². The molecule has 0 aliphatic carbocycles. The summed E-state index contributed by atoms with van der Waals surface area (Å²) in [7, 11) is 2.46. The molecule has 3 N–H and O–H groups in total. The zero-order chi connectivity index (χ0) is 20.1. The predicted molar refractivity (Wildman–Crippen MR) is 107 cm³/mol. The molecule has 0 amide bonds. The Morgan fingerprint density at radius 1 is 1.30 bits per heavy atom. The highest BCUT2D eigenvalue weighted by Crippen LogP contribution is 2.42. The number of hydrogen-bond donors (Lipinski definition) is 2. The SMILES string of the molecule is CCn1c(CN)nc2ccc(OCCCP(=O)(O)OCC[N+](C)(C)C)cc21. The lowest BCUT2D eigenvalue weighted by atomic mass is 10.3. The van der Waals surface area contributed by atoms with Gasteiger partial charge in [0.25, 0.3) is 0 Å². The molecule has 0 saturated carbocycles. The van der Waals surface area contributed by atoms with Gasteiger partial charge < -0.3 is 28.9 Å². The molecule has 0 spiro atoms. The molecule has 9 heteroatoms. The zero-order valence-corrected chi connectivity index (χ0v) is 17.6. The molecule has 2 aromatic rings. The molecular formula is C18H32N4O4P+. The van der Waals surface area contributed by atoms with E-state index in [9.17, 15) is 9.46 Å². The van der Waals surface area contributed by atoms with Gasteiger partial charge in [-0.15, -0.1) is 0 Å². The van der Waals surface area contributed by atoms with Gasteiger partial charge in [0, 0.05) is 12.6 Å². The Morgan fingerprint density at radius 3 is 2.67 bits per heavy atom. The monoisotopic (exact) mass is 399 g/mol. The van der Waals surface area contributed by atoms with E-state index in [0.29, 0.717) is 36.3 Å². The summed E-state index contributed by atoms with van der Waals surface area (Å²) in [5.41, 5.74) is 7.61. The molecule has 1 unspecified atom stereocenters. The Labute approximate surface area is 161 Å². The van der Waals surface area contributed by atoms with E-state index in [1.165, 1.54) is 0 Å². The van der Waals surface area contributed by atoms with Crippen molar-refractivity contribution in [2.45, 2.75) is 26.4 Å². The van der Waals surface area contributed by atoms with Crippen LogP contribution in [0.3, 0.4) is 0 Å². The van der Waals surface area contributed by atoms with Crippen molar-refractivity contribution < 1.29 is 23.2 Å². The van der Waals surface area contributed by atoms with Crippen LogP contribution in [0.25, 0.3) is 11.0 Å². The standard InChI is InChI=1S/C18H31N4O4P/c1-5-21-17-13-15(7-8-16(17)20-18(21)14-19)25-10-6-12-27(23,24)26-11-9-22(2,3)4/h7-8,13H,5-6,9-12,14,19H2,1-4H3/p+1. The fourth-order valence-corrected chi connectivity index (χ4v) is 3.75. The first-order valence-electron chi connectivity index (χ1n) is 9.24. The molecule has 2 rings (SSSR count). The third-order valence-electron chi connectivity index (χ3n) is 4.21. The van der Waals surface area contributed by atoms with Crippen molar-refractivity contribution in [3.05, 3.63) is 24.0 Å². The van der Waals surface area contributed by atoms with Gasteiger partial charge in [-0.05, 0) is 25.5 Å². The molecule has 152 valence electrons. The Kier molecular flexibility index (Phi) is 7.42. The molecule has 8 nitrogen and oxygen atoms in total. The average molecular weight is 399 g/mol. The number of hydrogen-bond acceptors (Lipinski definition) is 5. The van der Waals surface area contributed by atoms with E-state index in [-0.39, 0.29) is 12.8 Å². The summed E-state index contributed by atoms with van der Waals surface area (Å²) in [6.45, 7) is 4.50. The van der Waals surface area contributed by atoms with Gasteiger partial charge in [-0.2, -0.15) is 0 Å². The van der Waals surface area contributed by atoms with Crippen LogP contribution in [0.4, 0.5) is 0 Å². The van der Waals surface area contributed by atoms with E-state index < -0.39 is 7.60 Å². The quantitative estimate of drug-likeness (QED) is 0.341. The zero-order valence-electron chi connectivity index (χ0n) is 16.7. The molecule has 0 radical (unpaired) electrons. The number of ether oxygens (including phenoxy) is 1. The van der Waals surface area contributed by atoms with Crippen LogP contribution in [0.2, 0.25) is 0 Å². The number of likely N-dealkylation sites (N-methyl/N-ethyl adjacent to an activating group) is 1. The maximum absolute atomic E-state index is 12.1. The number of rotatable bonds is 11. The van der Waals surface area contributed by atoms with Gasteiger partial charge in [0.2, 0.25) is 0 Å². The van der Waals surface area contributed by atoms with Crippen LogP contribution in [0.5, 0.6) is 5.75 Å². The minimum Gasteiger partial charge on any atom is -0.493 e. The molecule has 0 fully saturated rings. The average Bonchev–Trinajstić information content (AvgIpc) is 2.94. The van der Waals surface area contributed by atoms with Crippen LogP contribution in [-0.4, -0.2) is 66.0 Å². The fraction of sp³-hybridized carbons (Fsp3) is 0.611. The van der Waals surface area contributed by atoms with Crippen molar-refractivity contribution >= 4 is 18.6 Å². The fourth-order valence-electron chi connectivity index (χ4n) is 2.73. The van der Waals surface area contributed by atoms with Crippen molar-refractivity contribution in [2.24, 2.45) is 5.73 Å². The Bertz CT molecular complexity index is 800. The largest absolute Gasteiger partial charge is 0.493 e. The molecular weight excluding hydrogens is 367 g/mol. The highest BCUT2D eigenvalue weighted by Gasteiger charge is 2.20. The van der Waals surface area contributed by atoms with Crippen molar-refractivity contribution in [3.63, 3.8) is 0 Å². The van der Waals surface area contributed by atoms with Gasteiger partial charge in [-0.1, -0.05) is 0 Å². The first kappa shape index (κ1) is 21.9. The van der Waals surface area contributed by atoms with Crippen LogP contribution in [0, 0.1) is 0 Å². The lowest BCUT2D eigenvalue weighted by molar-refractivity contribution is -0.870. The van der Waals surface area contributed by atoms with Crippen LogP contribution in [-0.2, 0) is 22.2 Å². The number of nitrogens with two attached hydrogens (primary N) is 1. The number of fused-ring (bicyclic) bond motifs is 1. The molecule has 1 aromatic carbocycles. The Balaban J connectivity index is 1.85. The van der Waals surface area contributed by atoms with Gasteiger partial charge in [-0.3, -0.25) is 4.57 Å². The lowest BCUT2D eigenvalue weighted by Gasteiger charge is -2.24. The minimum absolute atomic E-state index is 0.0800. The molecule has 1 heterocycles. The summed E-state index contributed by atoms with van der Waals surface area (Å²) in [6, 6.07) is 5.69. The summed E-state index contributed by atoms with van der Waals surface area (Å²) in [4.78, 5) is 14.4. The minimum atomic E-state index is -3.57. The van der Waals surface area contributed by atoms with E-state index in [1.54, 1.807) is 0 Å². The highest BCUT2D eigenvalue weighted by atomic mass is 31.2. The first-order chi connectivity index (χ1) is 12.6. The first-order valence-corrected chi connectivity index (χ1v) is 11.0. The normalized spacial score (nSPS) is 14.4. The molecule has 0 aliphatic rings. The van der Waals surface area contributed by atoms with Crippen molar-refractivity contribution in [2.75, 3.05) is 47.1 Å². The predicted octanol–water partition coefficient (Wildman–Crippen LogP) is 2.19. The number of aryl methyl sites for hydroxylation is 1.